The molecule has 0 spiro atoms. The SMILES string of the molecule is Cc1cc(C)c2nc(N3CCN(CCNC(=O)c4ccc(S(=O)(=O)N5CCCCC5)cc4)CC3)sc2c1. The van der Waals surface area contributed by atoms with Crippen LogP contribution in [0.5, 0.6) is 0 Å². The molecule has 198 valence electrons. The summed E-state index contributed by atoms with van der Waals surface area (Å²) in [6, 6.07) is 10.7. The third-order valence-corrected chi connectivity index (χ3v) is 10.2. The minimum atomic E-state index is -3.49. The monoisotopic (exact) mass is 541 g/mol. The van der Waals surface area contributed by atoms with Gasteiger partial charge in [0.15, 0.2) is 5.13 Å². The number of aryl methyl sites for hydroxylation is 2. The number of nitrogens with one attached hydrogen (secondary N) is 1. The summed E-state index contributed by atoms with van der Waals surface area (Å²) in [7, 11) is -3.49. The van der Waals surface area contributed by atoms with Gasteiger partial charge in [0, 0.05) is 57.9 Å². The number of thiazole rings is 1. The van der Waals surface area contributed by atoms with Crippen molar-refractivity contribution < 1.29 is 13.2 Å². The molecule has 1 aromatic heterocycles. The van der Waals surface area contributed by atoms with E-state index in [1.54, 1.807) is 39.9 Å². The minimum Gasteiger partial charge on any atom is -0.351 e. The van der Waals surface area contributed by atoms with Gasteiger partial charge in [-0.15, -0.1) is 0 Å². The lowest BCUT2D eigenvalue weighted by molar-refractivity contribution is 0.0947. The highest BCUT2D eigenvalue weighted by molar-refractivity contribution is 7.89. The van der Waals surface area contributed by atoms with Gasteiger partial charge in [-0.05, 0) is 68.1 Å². The van der Waals surface area contributed by atoms with Crippen LogP contribution in [0.2, 0.25) is 0 Å². The third-order valence-electron chi connectivity index (χ3n) is 7.24. The van der Waals surface area contributed by atoms with Gasteiger partial charge in [-0.3, -0.25) is 9.69 Å². The molecule has 0 radical (unpaired) electrons. The maximum atomic E-state index is 12.8. The molecular formula is C27H35N5O3S2. The number of carbonyl (C=O) groups excluding carboxylic acids is 1. The lowest BCUT2D eigenvalue weighted by Crippen LogP contribution is -2.48. The molecule has 2 aliphatic heterocycles. The van der Waals surface area contributed by atoms with Crippen LogP contribution in [-0.2, 0) is 10.0 Å². The van der Waals surface area contributed by atoms with Crippen LogP contribution >= 0.6 is 11.3 Å². The van der Waals surface area contributed by atoms with Crippen molar-refractivity contribution in [2.75, 3.05) is 57.3 Å². The number of benzene rings is 2. The largest absolute Gasteiger partial charge is 0.351 e. The quantitative estimate of drug-likeness (QED) is 0.492. The summed E-state index contributed by atoms with van der Waals surface area (Å²) >= 11 is 1.76. The van der Waals surface area contributed by atoms with Crippen LogP contribution in [0, 0.1) is 13.8 Å². The molecule has 3 heterocycles. The van der Waals surface area contributed by atoms with E-state index in [4.69, 9.17) is 4.98 Å². The first-order chi connectivity index (χ1) is 17.8. The van der Waals surface area contributed by atoms with Crippen LogP contribution in [0.15, 0.2) is 41.3 Å². The molecule has 0 aliphatic carbocycles. The fourth-order valence-electron chi connectivity index (χ4n) is 5.12. The number of amides is 1. The summed E-state index contributed by atoms with van der Waals surface area (Å²) in [5.41, 5.74) is 4.08. The zero-order valence-electron chi connectivity index (χ0n) is 21.6. The minimum absolute atomic E-state index is 0.180. The van der Waals surface area contributed by atoms with Crippen LogP contribution in [0.1, 0.15) is 40.7 Å². The highest BCUT2D eigenvalue weighted by Crippen LogP contribution is 2.32. The molecular weight excluding hydrogens is 506 g/mol. The molecule has 37 heavy (non-hydrogen) atoms. The van der Waals surface area contributed by atoms with Crippen LogP contribution in [0.3, 0.4) is 0 Å². The molecule has 0 bridgehead atoms. The summed E-state index contributed by atoms with van der Waals surface area (Å²) < 4.78 is 28.4. The van der Waals surface area contributed by atoms with Crippen LogP contribution in [-0.4, -0.2) is 80.9 Å². The number of hydrogen-bond acceptors (Lipinski definition) is 7. The molecule has 8 nitrogen and oxygen atoms in total. The fourth-order valence-corrected chi connectivity index (χ4v) is 7.83. The van der Waals surface area contributed by atoms with Crippen molar-refractivity contribution in [1.82, 2.24) is 19.5 Å². The van der Waals surface area contributed by atoms with Gasteiger partial charge in [0.1, 0.15) is 0 Å². The van der Waals surface area contributed by atoms with Gasteiger partial charge >= 0.3 is 0 Å². The molecule has 1 amide bonds. The Kier molecular flexibility index (Phi) is 7.80. The summed E-state index contributed by atoms with van der Waals surface area (Å²) in [6.45, 7) is 10.4. The molecule has 1 N–H and O–H groups in total. The number of piperidine rings is 1. The lowest BCUT2D eigenvalue weighted by Gasteiger charge is -2.34. The first-order valence-corrected chi connectivity index (χ1v) is 15.3. The number of aromatic nitrogens is 1. The van der Waals surface area contributed by atoms with Crippen LogP contribution in [0.25, 0.3) is 10.2 Å². The number of anilines is 1. The molecule has 0 saturated carbocycles. The van der Waals surface area contributed by atoms with Crippen LogP contribution in [0.4, 0.5) is 5.13 Å². The van der Waals surface area contributed by atoms with Gasteiger partial charge in [-0.2, -0.15) is 4.31 Å². The number of fused-ring (bicyclic) bond motifs is 1. The van der Waals surface area contributed by atoms with E-state index < -0.39 is 10.0 Å². The lowest BCUT2D eigenvalue weighted by atomic mass is 10.1. The van der Waals surface area contributed by atoms with Gasteiger partial charge in [-0.1, -0.05) is 23.8 Å². The summed E-state index contributed by atoms with van der Waals surface area (Å²) in [5, 5.41) is 4.06. The summed E-state index contributed by atoms with van der Waals surface area (Å²) in [6.07, 6.45) is 2.87. The maximum Gasteiger partial charge on any atom is 0.251 e. The second-order valence-electron chi connectivity index (χ2n) is 10.00. The zero-order valence-corrected chi connectivity index (χ0v) is 23.2. The van der Waals surface area contributed by atoms with Crippen molar-refractivity contribution in [2.45, 2.75) is 38.0 Å². The highest BCUT2D eigenvalue weighted by Gasteiger charge is 2.26. The fraction of sp³-hybridized carbons (Fsp3) is 0.481. The molecule has 0 atom stereocenters. The summed E-state index contributed by atoms with van der Waals surface area (Å²) in [5.74, 6) is -0.180. The van der Waals surface area contributed by atoms with E-state index in [2.05, 4.69) is 41.1 Å². The number of piperazine rings is 1. The van der Waals surface area contributed by atoms with E-state index in [9.17, 15) is 13.2 Å². The molecule has 2 saturated heterocycles. The number of nitrogens with zero attached hydrogens (tertiary/aromatic N) is 4. The van der Waals surface area contributed by atoms with Gasteiger partial charge in [-0.25, -0.2) is 13.4 Å². The van der Waals surface area contributed by atoms with Crippen molar-refractivity contribution >= 4 is 42.6 Å². The Labute approximate surface area is 223 Å². The molecule has 2 aromatic carbocycles. The molecule has 2 fully saturated rings. The first-order valence-electron chi connectivity index (χ1n) is 13.0. The van der Waals surface area contributed by atoms with Crippen LogP contribution < -0.4 is 10.2 Å². The van der Waals surface area contributed by atoms with Gasteiger partial charge < -0.3 is 10.2 Å². The second kappa shape index (κ2) is 11.1. The number of carbonyl (C=O) groups is 1. The Morgan fingerprint density at radius 1 is 0.973 bits per heavy atom. The number of rotatable bonds is 7. The molecule has 2 aliphatic rings. The van der Waals surface area contributed by atoms with E-state index in [0.717, 1.165) is 62.6 Å². The third kappa shape index (κ3) is 5.82. The second-order valence-corrected chi connectivity index (χ2v) is 12.9. The highest BCUT2D eigenvalue weighted by atomic mass is 32.2. The topological polar surface area (TPSA) is 85.9 Å². The average Bonchev–Trinajstić information content (AvgIpc) is 3.34. The zero-order chi connectivity index (χ0) is 26.0. The Morgan fingerprint density at radius 2 is 1.68 bits per heavy atom. The Balaban J connectivity index is 1.09. The Morgan fingerprint density at radius 3 is 2.38 bits per heavy atom. The molecule has 3 aromatic rings. The van der Waals surface area contributed by atoms with Gasteiger partial charge in [0.2, 0.25) is 10.0 Å². The predicted molar refractivity (Wildman–Crippen MR) is 149 cm³/mol. The number of sulfonamides is 1. The van der Waals surface area contributed by atoms with Gasteiger partial charge in [0.25, 0.3) is 5.91 Å². The smallest absolute Gasteiger partial charge is 0.251 e. The Bertz CT molecular complexity index is 1360. The van der Waals surface area contributed by atoms with Crippen molar-refractivity contribution in [3.63, 3.8) is 0 Å². The standard InChI is InChI=1S/C27H35N5O3S2/c1-20-18-21(2)25-24(19-20)36-27(29-25)31-16-14-30(15-17-31)13-10-28-26(33)22-6-8-23(9-7-22)37(34,35)32-11-4-3-5-12-32/h6-9,18-19H,3-5,10-17H2,1-2H3,(H,28,33). The normalized spacial score (nSPS) is 17.8. The van der Waals surface area contributed by atoms with E-state index in [-0.39, 0.29) is 10.8 Å². The predicted octanol–water partition coefficient (Wildman–Crippen LogP) is 3.64. The molecule has 5 rings (SSSR count). The first kappa shape index (κ1) is 26.1. The maximum absolute atomic E-state index is 12.8. The van der Waals surface area contributed by atoms with E-state index >= 15 is 0 Å². The average molecular weight is 542 g/mol. The van der Waals surface area contributed by atoms with E-state index in [1.807, 2.05) is 0 Å². The van der Waals surface area contributed by atoms with E-state index in [1.165, 1.54) is 15.8 Å². The van der Waals surface area contributed by atoms with E-state index in [0.29, 0.717) is 25.2 Å². The van der Waals surface area contributed by atoms with Gasteiger partial charge in [0.05, 0.1) is 15.1 Å². The number of hydrogen-bond donors (Lipinski definition) is 1. The van der Waals surface area contributed by atoms with Crippen molar-refractivity contribution in [2.24, 2.45) is 0 Å². The van der Waals surface area contributed by atoms with Crippen molar-refractivity contribution in [3.05, 3.63) is 53.1 Å². The summed E-state index contributed by atoms with van der Waals surface area (Å²) in [4.78, 5) is 22.5. The molecule has 10 heteroatoms. The van der Waals surface area contributed by atoms with Crippen molar-refractivity contribution in [1.29, 1.82) is 0 Å². The Hall–Kier alpha value is -2.53. The molecule has 0 unspecified atom stereocenters. The van der Waals surface area contributed by atoms with Crippen molar-refractivity contribution in [3.8, 4) is 0 Å².